The zero-order chi connectivity index (χ0) is 13.2. The molecule has 0 spiro atoms. The Morgan fingerprint density at radius 3 is 2.95 bits per heavy atom. The van der Waals surface area contributed by atoms with Gasteiger partial charge in [0.05, 0.1) is 10.3 Å². The van der Waals surface area contributed by atoms with Gasteiger partial charge in [-0.1, -0.05) is 40.2 Å². The second kappa shape index (κ2) is 5.29. The van der Waals surface area contributed by atoms with Crippen LogP contribution in [-0.2, 0) is 11.2 Å². The molecule has 1 saturated heterocycles. The predicted molar refractivity (Wildman–Crippen MR) is 79.4 cm³/mol. The number of carbonyl (C=O) groups excluding carboxylic acids is 1. The monoisotopic (exact) mass is 318 g/mol. The Labute approximate surface area is 120 Å². The molecule has 1 unspecified atom stereocenters. The third-order valence-electron chi connectivity index (χ3n) is 3.60. The van der Waals surface area contributed by atoms with Gasteiger partial charge in [0, 0.05) is 24.7 Å². The van der Waals surface area contributed by atoms with Gasteiger partial charge in [0.25, 0.3) is 0 Å². The maximum atomic E-state index is 11.9. The van der Waals surface area contributed by atoms with Crippen LogP contribution in [0.5, 0.6) is 0 Å². The zero-order valence-corrected chi connectivity index (χ0v) is 12.1. The van der Waals surface area contributed by atoms with Crippen LogP contribution in [0.2, 0.25) is 0 Å². The lowest BCUT2D eigenvalue weighted by Gasteiger charge is -2.16. The van der Waals surface area contributed by atoms with E-state index in [1.807, 2.05) is 17.2 Å². The van der Waals surface area contributed by atoms with E-state index < -0.39 is 0 Å². The van der Waals surface area contributed by atoms with Crippen LogP contribution in [0.4, 0.5) is 0 Å². The van der Waals surface area contributed by atoms with E-state index in [0.717, 1.165) is 36.8 Å². The first-order valence-electron chi connectivity index (χ1n) is 6.51. The number of rotatable bonds is 3. The van der Waals surface area contributed by atoms with Crippen LogP contribution in [-0.4, -0.2) is 33.7 Å². The lowest BCUT2D eigenvalue weighted by molar-refractivity contribution is -0.127. The van der Waals surface area contributed by atoms with E-state index >= 15 is 0 Å². The number of aromatic nitrogens is 1. The molecule has 1 aliphatic rings. The number of alkyl halides is 1. The van der Waals surface area contributed by atoms with Crippen LogP contribution < -0.4 is 0 Å². The first kappa shape index (κ1) is 12.6. The fourth-order valence-corrected chi connectivity index (χ4v) is 3.04. The standard InChI is InChI=1S/C15H15BrN2O/c16-13-7-10-18(15(13)19)9-6-12-4-1-3-11-5-2-8-17-14(11)12/h1-5,8,13H,6-7,9-10H2. The maximum Gasteiger partial charge on any atom is 0.236 e. The summed E-state index contributed by atoms with van der Waals surface area (Å²) in [5.74, 6) is 0.216. The molecule has 98 valence electrons. The largest absolute Gasteiger partial charge is 0.341 e. The molecule has 2 aromatic rings. The van der Waals surface area contributed by atoms with Crippen molar-refractivity contribution in [2.24, 2.45) is 0 Å². The molecule has 0 bridgehead atoms. The molecule has 0 saturated carbocycles. The topological polar surface area (TPSA) is 33.2 Å². The van der Waals surface area contributed by atoms with Crippen molar-refractivity contribution in [1.82, 2.24) is 9.88 Å². The molecule has 4 heteroatoms. The first-order valence-corrected chi connectivity index (χ1v) is 7.43. The molecule has 3 rings (SSSR count). The first-order chi connectivity index (χ1) is 9.25. The van der Waals surface area contributed by atoms with Gasteiger partial charge < -0.3 is 4.90 Å². The molecule has 1 fully saturated rings. The number of nitrogens with zero attached hydrogens (tertiary/aromatic N) is 2. The summed E-state index contributed by atoms with van der Waals surface area (Å²) in [6.45, 7) is 1.63. The molecule has 1 aromatic heterocycles. The van der Waals surface area contributed by atoms with E-state index in [0.29, 0.717) is 0 Å². The SMILES string of the molecule is O=C1C(Br)CCN1CCc1cccc2cccnc12. The van der Waals surface area contributed by atoms with Crippen LogP contribution in [0.15, 0.2) is 36.5 Å². The van der Waals surface area contributed by atoms with Crippen LogP contribution in [0.25, 0.3) is 10.9 Å². The Bertz CT molecular complexity index is 609. The highest BCUT2D eigenvalue weighted by atomic mass is 79.9. The summed E-state index contributed by atoms with van der Waals surface area (Å²) in [6.07, 6.45) is 3.59. The number of benzene rings is 1. The molecule has 0 N–H and O–H groups in total. The van der Waals surface area contributed by atoms with E-state index in [2.05, 4.69) is 45.2 Å². The molecule has 3 nitrogen and oxygen atoms in total. The van der Waals surface area contributed by atoms with Crippen molar-refractivity contribution in [2.75, 3.05) is 13.1 Å². The molecular weight excluding hydrogens is 304 g/mol. The van der Waals surface area contributed by atoms with Crippen molar-refractivity contribution in [3.8, 4) is 0 Å². The van der Waals surface area contributed by atoms with E-state index in [-0.39, 0.29) is 10.7 Å². The zero-order valence-electron chi connectivity index (χ0n) is 10.6. The summed E-state index contributed by atoms with van der Waals surface area (Å²) in [4.78, 5) is 18.2. The van der Waals surface area contributed by atoms with E-state index in [4.69, 9.17) is 0 Å². The number of para-hydroxylation sites is 1. The van der Waals surface area contributed by atoms with Crippen LogP contribution in [0.1, 0.15) is 12.0 Å². The predicted octanol–water partition coefficient (Wildman–Crippen LogP) is 2.77. The minimum Gasteiger partial charge on any atom is -0.341 e. The molecule has 2 heterocycles. The molecule has 1 amide bonds. The quantitative estimate of drug-likeness (QED) is 0.815. The van der Waals surface area contributed by atoms with Gasteiger partial charge in [0.15, 0.2) is 0 Å². The van der Waals surface area contributed by atoms with Gasteiger partial charge in [-0.2, -0.15) is 0 Å². The number of hydrogen-bond acceptors (Lipinski definition) is 2. The average Bonchev–Trinajstić information content (AvgIpc) is 2.76. The van der Waals surface area contributed by atoms with Crippen molar-refractivity contribution in [3.05, 3.63) is 42.1 Å². The molecule has 1 aliphatic heterocycles. The maximum absolute atomic E-state index is 11.9. The summed E-state index contributed by atoms with van der Waals surface area (Å²) < 4.78 is 0. The van der Waals surface area contributed by atoms with E-state index in [1.54, 1.807) is 0 Å². The normalized spacial score (nSPS) is 19.3. The highest BCUT2D eigenvalue weighted by Gasteiger charge is 2.28. The lowest BCUT2D eigenvalue weighted by atomic mass is 10.1. The number of halogens is 1. The number of pyridine rings is 1. The van der Waals surface area contributed by atoms with Crippen LogP contribution in [0, 0.1) is 0 Å². The average molecular weight is 319 g/mol. The second-order valence-electron chi connectivity index (χ2n) is 4.82. The molecule has 1 atom stereocenters. The Balaban J connectivity index is 1.77. The number of amides is 1. The van der Waals surface area contributed by atoms with Crippen LogP contribution >= 0.6 is 15.9 Å². The molecule has 19 heavy (non-hydrogen) atoms. The van der Waals surface area contributed by atoms with Crippen molar-refractivity contribution in [3.63, 3.8) is 0 Å². The fraction of sp³-hybridized carbons (Fsp3) is 0.333. The summed E-state index contributed by atoms with van der Waals surface area (Å²) in [5.41, 5.74) is 2.26. The van der Waals surface area contributed by atoms with Gasteiger partial charge in [-0.25, -0.2) is 0 Å². The van der Waals surface area contributed by atoms with Crippen LogP contribution in [0.3, 0.4) is 0 Å². The Kier molecular flexibility index (Phi) is 3.51. The fourth-order valence-electron chi connectivity index (χ4n) is 2.55. The summed E-state index contributed by atoms with van der Waals surface area (Å²) in [5, 5.41) is 1.16. The number of hydrogen-bond donors (Lipinski definition) is 0. The van der Waals surface area contributed by atoms with Crippen molar-refractivity contribution in [1.29, 1.82) is 0 Å². The third kappa shape index (κ3) is 2.50. The van der Waals surface area contributed by atoms with Gasteiger partial charge in [0.1, 0.15) is 0 Å². The number of carbonyl (C=O) groups is 1. The van der Waals surface area contributed by atoms with Crippen molar-refractivity contribution < 1.29 is 4.79 Å². The van der Waals surface area contributed by atoms with Crippen molar-refractivity contribution in [2.45, 2.75) is 17.7 Å². The van der Waals surface area contributed by atoms with Gasteiger partial charge in [0.2, 0.25) is 5.91 Å². The molecular formula is C15H15BrN2O. The van der Waals surface area contributed by atoms with Crippen molar-refractivity contribution >= 4 is 32.7 Å². The highest BCUT2D eigenvalue weighted by molar-refractivity contribution is 9.10. The molecule has 0 radical (unpaired) electrons. The Hall–Kier alpha value is -1.42. The minimum atomic E-state index is 0.0122. The van der Waals surface area contributed by atoms with Gasteiger partial charge >= 0.3 is 0 Å². The minimum absolute atomic E-state index is 0.0122. The number of likely N-dealkylation sites (tertiary alicyclic amines) is 1. The Morgan fingerprint density at radius 1 is 1.32 bits per heavy atom. The lowest BCUT2D eigenvalue weighted by Crippen LogP contribution is -2.29. The summed E-state index contributed by atoms with van der Waals surface area (Å²) >= 11 is 3.41. The highest BCUT2D eigenvalue weighted by Crippen LogP contribution is 2.20. The van der Waals surface area contributed by atoms with Gasteiger partial charge in [-0.3, -0.25) is 9.78 Å². The summed E-state index contributed by atoms with van der Waals surface area (Å²) in [7, 11) is 0. The number of fused-ring (bicyclic) bond motifs is 1. The third-order valence-corrected chi connectivity index (χ3v) is 4.45. The van der Waals surface area contributed by atoms with Gasteiger partial charge in [-0.15, -0.1) is 0 Å². The van der Waals surface area contributed by atoms with Gasteiger partial charge in [-0.05, 0) is 24.5 Å². The molecule has 1 aromatic carbocycles. The smallest absolute Gasteiger partial charge is 0.236 e. The molecule has 0 aliphatic carbocycles. The van der Waals surface area contributed by atoms with E-state index in [1.165, 1.54) is 5.56 Å². The van der Waals surface area contributed by atoms with E-state index in [9.17, 15) is 4.79 Å². The second-order valence-corrected chi connectivity index (χ2v) is 5.93. The summed E-state index contributed by atoms with van der Waals surface area (Å²) in [6, 6.07) is 10.2. The Morgan fingerprint density at radius 2 is 2.16 bits per heavy atom.